The SMILES string of the molecule is CNC(C)c1ccccc1OC1CCC1. The molecule has 1 aliphatic carbocycles. The van der Waals surface area contributed by atoms with Crippen molar-refractivity contribution in [1.29, 1.82) is 0 Å². The molecular formula is C13H19NO. The zero-order valence-corrected chi connectivity index (χ0v) is 9.49. The van der Waals surface area contributed by atoms with Gasteiger partial charge >= 0.3 is 0 Å². The number of ether oxygens (including phenoxy) is 1. The molecule has 0 heterocycles. The fourth-order valence-corrected chi connectivity index (χ4v) is 1.77. The average molecular weight is 205 g/mol. The minimum absolute atomic E-state index is 0.348. The number of hydrogen-bond donors (Lipinski definition) is 1. The van der Waals surface area contributed by atoms with E-state index in [1.54, 1.807) is 0 Å². The van der Waals surface area contributed by atoms with E-state index in [9.17, 15) is 0 Å². The molecule has 2 nitrogen and oxygen atoms in total. The van der Waals surface area contributed by atoms with Crippen LogP contribution in [0.4, 0.5) is 0 Å². The van der Waals surface area contributed by atoms with Gasteiger partial charge in [-0.2, -0.15) is 0 Å². The van der Waals surface area contributed by atoms with Gasteiger partial charge in [0.1, 0.15) is 5.75 Å². The van der Waals surface area contributed by atoms with E-state index in [0.717, 1.165) is 5.75 Å². The highest BCUT2D eigenvalue weighted by molar-refractivity contribution is 5.35. The van der Waals surface area contributed by atoms with Crippen LogP contribution in [0.25, 0.3) is 0 Å². The third-order valence-corrected chi connectivity index (χ3v) is 3.16. The first-order valence-corrected chi connectivity index (χ1v) is 5.74. The lowest BCUT2D eigenvalue weighted by Gasteiger charge is -2.28. The first kappa shape index (κ1) is 10.5. The van der Waals surface area contributed by atoms with Gasteiger partial charge in [-0.1, -0.05) is 18.2 Å². The van der Waals surface area contributed by atoms with Crippen molar-refractivity contribution in [3.05, 3.63) is 29.8 Å². The van der Waals surface area contributed by atoms with Crippen LogP contribution in [0.1, 0.15) is 37.8 Å². The molecule has 1 N–H and O–H groups in total. The monoisotopic (exact) mass is 205 g/mol. The first-order valence-electron chi connectivity index (χ1n) is 5.74. The molecule has 0 aromatic heterocycles. The topological polar surface area (TPSA) is 21.3 Å². The normalized spacial score (nSPS) is 18.3. The summed E-state index contributed by atoms with van der Waals surface area (Å²) in [5, 5.41) is 3.25. The van der Waals surface area contributed by atoms with Gasteiger partial charge in [0.05, 0.1) is 6.10 Å². The van der Waals surface area contributed by atoms with Crippen LogP contribution in [0, 0.1) is 0 Å². The molecule has 0 bridgehead atoms. The smallest absolute Gasteiger partial charge is 0.124 e. The maximum atomic E-state index is 5.96. The van der Waals surface area contributed by atoms with Gasteiger partial charge in [-0.15, -0.1) is 0 Å². The Balaban J connectivity index is 2.13. The fourth-order valence-electron chi connectivity index (χ4n) is 1.77. The van der Waals surface area contributed by atoms with Gasteiger partial charge in [-0.3, -0.25) is 0 Å². The largest absolute Gasteiger partial charge is 0.490 e. The summed E-state index contributed by atoms with van der Waals surface area (Å²) in [6.07, 6.45) is 4.19. The van der Waals surface area contributed by atoms with Crippen molar-refractivity contribution in [1.82, 2.24) is 5.32 Å². The Morgan fingerprint density at radius 1 is 1.33 bits per heavy atom. The second-order valence-electron chi connectivity index (χ2n) is 4.22. The van der Waals surface area contributed by atoms with Crippen LogP contribution >= 0.6 is 0 Å². The van der Waals surface area contributed by atoms with E-state index >= 15 is 0 Å². The molecule has 1 unspecified atom stereocenters. The van der Waals surface area contributed by atoms with Crippen molar-refractivity contribution in [2.75, 3.05) is 7.05 Å². The molecule has 0 aliphatic heterocycles. The average Bonchev–Trinajstić information content (AvgIpc) is 2.23. The van der Waals surface area contributed by atoms with Crippen molar-refractivity contribution in [2.24, 2.45) is 0 Å². The summed E-state index contributed by atoms with van der Waals surface area (Å²) in [6.45, 7) is 2.16. The molecule has 1 atom stereocenters. The summed E-state index contributed by atoms with van der Waals surface area (Å²) >= 11 is 0. The minimum atomic E-state index is 0.348. The summed E-state index contributed by atoms with van der Waals surface area (Å²) in [6, 6.07) is 8.66. The van der Waals surface area contributed by atoms with E-state index in [-0.39, 0.29) is 0 Å². The van der Waals surface area contributed by atoms with Crippen LogP contribution in [0.15, 0.2) is 24.3 Å². The second-order valence-corrected chi connectivity index (χ2v) is 4.22. The molecule has 2 rings (SSSR count). The number of hydrogen-bond acceptors (Lipinski definition) is 2. The zero-order valence-electron chi connectivity index (χ0n) is 9.49. The van der Waals surface area contributed by atoms with Crippen LogP contribution in [-0.4, -0.2) is 13.2 Å². The van der Waals surface area contributed by atoms with Gasteiger partial charge in [0.25, 0.3) is 0 Å². The number of benzene rings is 1. The third-order valence-electron chi connectivity index (χ3n) is 3.16. The summed E-state index contributed by atoms with van der Waals surface area (Å²) in [7, 11) is 1.98. The minimum Gasteiger partial charge on any atom is -0.490 e. The quantitative estimate of drug-likeness (QED) is 0.816. The van der Waals surface area contributed by atoms with Gasteiger partial charge in [0, 0.05) is 11.6 Å². The van der Waals surface area contributed by atoms with Crippen molar-refractivity contribution >= 4 is 0 Å². The Kier molecular flexibility index (Phi) is 3.27. The molecular weight excluding hydrogens is 186 g/mol. The van der Waals surface area contributed by atoms with Crippen molar-refractivity contribution in [3.63, 3.8) is 0 Å². The van der Waals surface area contributed by atoms with E-state index in [2.05, 4.69) is 30.4 Å². The summed E-state index contributed by atoms with van der Waals surface area (Å²) in [5.41, 5.74) is 1.26. The Labute approximate surface area is 91.6 Å². The molecule has 0 spiro atoms. The highest BCUT2D eigenvalue weighted by Crippen LogP contribution is 2.30. The van der Waals surface area contributed by atoms with Crippen LogP contribution in [0.5, 0.6) is 5.75 Å². The highest BCUT2D eigenvalue weighted by Gasteiger charge is 2.20. The maximum Gasteiger partial charge on any atom is 0.124 e. The lowest BCUT2D eigenvalue weighted by atomic mass is 9.96. The Morgan fingerprint density at radius 2 is 2.07 bits per heavy atom. The Morgan fingerprint density at radius 3 is 2.67 bits per heavy atom. The lowest BCUT2D eigenvalue weighted by Crippen LogP contribution is -2.25. The van der Waals surface area contributed by atoms with Crippen molar-refractivity contribution in [3.8, 4) is 5.75 Å². The van der Waals surface area contributed by atoms with Gasteiger partial charge in [-0.25, -0.2) is 0 Å². The van der Waals surface area contributed by atoms with Gasteiger partial charge < -0.3 is 10.1 Å². The second kappa shape index (κ2) is 4.67. The van der Waals surface area contributed by atoms with Crippen molar-refractivity contribution in [2.45, 2.75) is 38.3 Å². The molecule has 1 fully saturated rings. The lowest BCUT2D eigenvalue weighted by molar-refractivity contribution is 0.118. The molecule has 1 aromatic carbocycles. The van der Waals surface area contributed by atoms with Crippen LogP contribution < -0.4 is 10.1 Å². The summed E-state index contributed by atoms with van der Waals surface area (Å²) in [5.74, 6) is 1.05. The van der Waals surface area contributed by atoms with Crippen LogP contribution in [0.3, 0.4) is 0 Å². The molecule has 2 heteroatoms. The number of para-hydroxylation sites is 1. The predicted molar refractivity (Wildman–Crippen MR) is 62.2 cm³/mol. The van der Waals surface area contributed by atoms with E-state index in [0.29, 0.717) is 12.1 Å². The summed E-state index contributed by atoms with van der Waals surface area (Å²) < 4.78 is 5.96. The Bertz CT molecular complexity index is 320. The highest BCUT2D eigenvalue weighted by atomic mass is 16.5. The molecule has 0 saturated heterocycles. The van der Waals surface area contributed by atoms with Gasteiger partial charge in [0.15, 0.2) is 0 Å². The Hall–Kier alpha value is -1.02. The van der Waals surface area contributed by atoms with E-state index in [4.69, 9.17) is 4.74 Å². The van der Waals surface area contributed by atoms with Gasteiger partial charge in [0.2, 0.25) is 0 Å². The fraction of sp³-hybridized carbons (Fsp3) is 0.538. The molecule has 0 radical (unpaired) electrons. The maximum absolute atomic E-state index is 5.96. The first-order chi connectivity index (χ1) is 7.31. The molecule has 82 valence electrons. The van der Waals surface area contributed by atoms with Crippen LogP contribution in [-0.2, 0) is 0 Å². The number of rotatable bonds is 4. The van der Waals surface area contributed by atoms with E-state index in [1.165, 1.54) is 24.8 Å². The summed E-state index contributed by atoms with van der Waals surface area (Å²) in [4.78, 5) is 0. The standard InChI is InChI=1S/C13H19NO/c1-10(14-2)12-8-3-4-9-13(12)15-11-6-5-7-11/h3-4,8-11,14H,5-7H2,1-2H3. The molecule has 1 aliphatic rings. The molecule has 15 heavy (non-hydrogen) atoms. The molecule has 1 aromatic rings. The van der Waals surface area contributed by atoms with E-state index in [1.807, 2.05) is 13.1 Å². The number of nitrogens with one attached hydrogen (secondary N) is 1. The molecule has 0 amide bonds. The zero-order chi connectivity index (χ0) is 10.7. The third kappa shape index (κ3) is 2.32. The van der Waals surface area contributed by atoms with Crippen molar-refractivity contribution < 1.29 is 4.74 Å². The van der Waals surface area contributed by atoms with E-state index < -0.39 is 0 Å². The van der Waals surface area contributed by atoms with Gasteiger partial charge in [-0.05, 0) is 39.3 Å². The predicted octanol–water partition coefficient (Wildman–Crippen LogP) is 2.90. The van der Waals surface area contributed by atoms with Crippen LogP contribution in [0.2, 0.25) is 0 Å². The molecule has 1 saturated carbocycles.